The molecule has 8 nitrogen and oxygen atoms in total. The van der Waals surface area contributed by atoms with Crippen molar-refractivity contribution in [3.63, 3.8) is 0 Å². The number of carboxylic acids is 2. The van der Waals surface area contributed by atoms with Crippen molar-refractivity contribution in [2.45, 2.75) is 78.3 Å². The normalized spacial score (nSPS) is 23.2. The van der Waals surface area contributed by atoms with Gasteiger partial charge in [0, 0.05) is 59.9 Å². The first-order chi connectivity index (χ1) is 18.1. The van der Waals surface area contributed by atoms with Crippen LogP contribution in [0.1, 0.15) is 72.6 Å². The third-order valence-corrected chi connectivity index (χ3v) is 8.15. The van der Waals surface area contributed by atoms with E-state index in [1.807, 2.05) is 0 Å². The Hall–Kier alpha value is -3.94. The molecule has 0 saturated carbocycles. The Morgan fingerprint density at radius 1 is 0.868 bits per heavy atom. The number of aromatic nitrogens is 2. The van der Waals surface area contributed by atoms with Crippen molar-refractivity contribution >= 4 is 24.1 Å². The monoisotopic (exact) mass is 516 g/mol. The second kappa shape index (κ2) is 10.1. The number of aryl methyl sites for hydroxylation is 1. The van der Waals surface area contributed by atoms with Crippen molar-refractivity contribution in [3.8, 4) is 0 Å². The molecule has 0 spiro atoms. The molecule has 8 bridgehead atoms. The highest BCUT2D eigenvalue weighted by atomic mass is 16.4. The molecule has 3 aliphatic rings. The molecule has 200 valence electrons. The highest BCUT2D eigenvalue weighted by Crippen LogP contribution is 2.34. The van der Waals surface area contributed by atoms with E-state index in [0.717, 1.165) is 69.3 Å². The van der Waals surface area contributed by atoms with Crippen LogP contribution in [-0.4, -0.2) is 44.2 Å². The maximum atomic E-state index is 11.4. The third-order valence-electron chi connectivity index (χ3n) is 8.15. The zero-order chi connectivity index (χ0) is 27.1. The number of fused-ring (bicyclic) bond motifs is 8. The molecule has 38 heavy (non-hydrogen) atoms. The summed E-state index contributed by atoms with van der Waals surface area (Å²) in [7, 11) is 0. The van der Waals surface area contributed by atoms with E-state index < -0.39 is 11.9 Å². The van der Waals surface area contributed by atoms with Gasteiger partial charge in [-0.2, -0.15) is 0 Å². The summed E-state index contributed by atoms with van der Waals surface area (Å²) in [5.74, 6) is -1.65. The number of carbonyl (C=O) groups is 2. The molecule has 6 N–H and O–H groups in total. The van der Waals surface area contributed by atoms with Gasteiger partial charge in [0.2, 0.25) is 0 Å². The van der Waals surface area contributed by atoms with Gasteiger partial charge in [0.15, 0.2) is 0 Å². The van der Waals surface area contributed by atoms with Gasteiger partial charge in [-0.25, -0.2) is 0 Å². The molecule has 8 heteroatoms. The van der Waals surface area contributed by atoms with Gasteiger partial charge in [-0.1, -0.05) is 0 Å². The largest absolute Gasteiger partial charge is 0.481 e. The molecular formula is C30H36N4O4. The first-order valence-corrected chi connectivity index (χ1v) is 13.3. The van der Waals surface area contributed by atoms with E-state index in [-0.39, 0.29) is 24.9 Å². The second-order valence-electron chi connectivity index (χ2n) is 10.8. The van der Waals surface area contributed by atoms with Crippen molar-refractivity contribution in [3.05, 3.63) is 79.7 Å². The second-order valence-corrected chi connectivity index (χ2v) is 10.8. The number of nitrogens with one attached hydrogen (secondary N) is 4. The summed E-state index contributed by atoms with van der Waals surface area (Å²) in [6.45, 7) is 8.39. The molecular weight excluding hydrogens is 480 g/mol. The fourth-order valence-electron chi connectivity index (χ4n) is 5.93. The number of aliphatic carboxylic acids is 2. The SMILES string of the molecule is CC1=C/C2=C/c3[nH]c(cc3C)CC3N/C(=C\c4[nH]c(c(C)c4CCC(=O)O)CC1N2)C(CCC(=O)O)=C3C. The minimum Gasteiger partial charge on any atom is -0.481 e. The van der Waals surface area contributed by atoms with Crippen LogP contribution in [0.3, 0.4) is 0 Å². The minimum absolute atomic E-state index is 0.0330. The molecule has 2 unspecified atom stereocenters. The fraction of sp³-hybridized carbons (Fsp3) is 0.400. The number of H-pyrrole nitrogens is 2. The van der Waals surface area contributed by atoms with Gasteiger partial charge in [0.05, 0.1) is 12.1 Å². The lowest BCUT2D eigenvalue weighted by molar-refractivity contribution is -0.138. The first-order valence-electron chi connectivity index (χ1n) is 13.3. The van der Waals surface area contributed by atoms with Crippen LogP contribution in [0.15, 0.2) is 40.3 Å². The van der Waals surface area contributed by atoms with Crippen LogP contribution in [-0.2, 0) is 28.9 Å². The van der Waals surface area contributed by atoms with Gasteiger partial charge in [-0.05, 0) is 98.2 Å². The third kappa shape index (κ3) is 5.08. The van der Waals surface area contributed by atoms with Crippen molar-refractivity contribution in [2.24, 2.45) is 0 Å². The number of rotatable bonds is 6. The Balaban J connectivity index is 1.63. The Morgan fingerprint density at radius 3 is 2.34 bits per heavy atom. The molecule has 0 aliphatic carbocycles. The minimum atomic E-state index is -0.826. The lowest BCUT2D eigenvalue weighted by Gasteiger charge is -2.14. The van der Waals surface area contributed by atoms with E-state index in [1.54, 1.807) is 0 Å². The summed E-state index contributed by atoms with van der Waals surface area (Å²) >= 11 is 0. The van der Waals surface area contributed by atoms with E-state index in [0.29, 0.717) is 12.8 Å². The summed E-state index contributed by atoms with van der Waals surface area (Å²) in [6.07, 6.45) is 8.87. The molecule has 0 amide bonds. The Bertz CT molecular complexity index is 1430. The highest BCUT2D eigenvalue weighted by molar-refractivity contribution is 5.70. The molecule has 2 aromatic heterocycles. The van der Waals surface area contributed by atoms with E-state index in [9.17, 15) is 19.8 Å². The highest BCUT2D eigenvalue weighted by Gasteiger charge is 2.29. The quantitative estimate of drug-likeness (QED) is 0.335. The van der Waals surface area contributed by atoms with Crippen molar-refractivity contribution in [1.82, 2.24) is 20.6 Å². The predicted octanol–water partition coefficient (Wildman–Crippen LogP) is 4.53. The van der Waals surface area contributed by atoms with E-state index in [4.69, 9.17) is 0 Å². The van der Waals surface area contributed by atoms with Crippen LogP contribution in [0.4, 0.5) is 0 Å². The van der Waals surface area contributed by atoms with Crippen LogP contribution >= 0.6 is 0 Å². The number of hydrogen-bond donors (Lipinski definition) is 6. The number of carboxylic acid groups (broad SMARTS) is 2. The standard InChI is InChI=1S/C30H36N4O4/c1-15-9-20-12-25-17(3)21(5-7-29(35)36)27(33-25)14-28-22(6-8-30(37)38)18(4)26(34-28)13-24-16(2)10-19(32-24)11-23(15)31-20/h9-11,14,24-25,31-34H,5-8,12-13H2,1-4H3,(H,35,36)(H,37,38)/b19-11-,27-14-. The zero-order valence-electron chi connectivity index (χ0n) is 22.4. The average Bonchev–Trinajstić information content (AvgIpc) is 3.53. The number of allylic oxidation sites excluding steroid dienone is 2. The van der Waals surface area contributed by atoms with Gasteiger partial charge in [0.1, 0.15) is 0 Å². The van der Waals surface area contributed by atoms with Crippen molar-refractivity contribution < 1.29 is 19.8 Å². The number of aromatic amines is 2. The molecule has 2 atom stereocenters. The average molecular weight is 517 g/mol. The first kappa shape index (κ1) is 25.7. The maximum Gasteiger partial charge on any atom is 0.303 e. The topological polar surface area (TPSA) is 130 Å². The van der Waals surface area contributed by atoms with Crippen LogP contribution in [0.5, 0.6) is 0 Å². The molecule has 5 rings (SSSR count). The van der Waals surface area contributed by atoms with Crippen LogP contribution in [0.25, 0.3) is 12.2 Å². The van der Waals surface area contributed by atoms with Crippen LogP contribution in [0.2, 0.25) is 0 Å². The van der Waals surface area contributed by atoms with Gasteiger partial charge in [-0.15, -0.1) is 0 Å². The maximum absolute atomic E-state index is 11.4. The fourth-order valence-corrected chi connectivity index (χ4v) is 5.93. The van der Waals surface area contributed by atoms with Gasteiger partial charge >= 0.3 is 11.9 Å². The van der Waals surface area contributed by atoms with Gasteiger partial charge in [0.25, 0.3) is 0 Å². The van der Waals surface area contributed by atoms with E-state index >= 15 is 0 Å². The van der Waals surface area contributed by atoms with Gasteiger partial charge in [-0.3, -0.25) is 9.59 Å². The summed E-state index contributed by atoms with van der Waals surface area (Å²) < 4.78 is 0. The molecule has 0 fully saturated rings. The summed E-state index contributed by atoms with van der Waals surface area (Å²) in [4.78, 5) is 30.1. The Kier molecular flexibility index (Phi) is 6.82. The Morgan fingerprint density at radius 2 is 1.61 bits per heavy atom. The summed E-state index contributed by atoms with van der Waals surface area (Å²) in [5, 5.41) is 26.1. The lowest BCUT2D eigenvalue weighted by atomic mass is 9.97. The Labute approximate surface area is 222 Å². The molecule has 5 heterocycles. The zero-order valence-corrected chi connectivity index (χ0v) is 22.4. The summed E-state index contributed by atoms with van der Waals surface area (Å²) in [6, 6.07) is 2.35. The van der Waals surface area contributed by atoms with Crippen molar-refractivity contribution in [2.75, 3.05) is 0 Å². The van der Waals surface area contributed by atoms with Gasteiger partial charge < -0.3 is 30.8 Å². The summed E-state index contributed by atoms with van der Waals surface area (Å²) in [5.41, 5.74) is 12.8. The molecule has 0 aromatic carbocycles. The molecule has 3 aliphatic heterocycles. The number of hydrogen-bond acceptors (Lipinski definition) is 4. The van der Waals surface area contributed by atoms with Crippen LogP contribution in [0, 0.1) is 13.8 Å². The predicted molar refractivity (Wildman–Crippen MR) is 148 cm³/mol. The van der Waals surface area contributed by atoms with Crippen molar-refractivity contribution in [1.29, 1.82) is 0 Å². The lowest BCUT2D eigenvalue weighted by Crippen LogP contribution is -2.26. The molecule has 0 saturated heterocycles. The van der Waals surface area contributed by atoms with E-state index in [1.165, 1.54) is 11.1 Å². The molecule has 2 aromatic rings. The smallest absolute Gasteiger partial charge is 0.303 e. The van der Waals surface area contributed by atoms with Crippen LogP contribution < -0.4 is 10.6 Å². The molecule has 0 radical (unpaired) electrons. The van der Waals surface area contributed by atoms with E-state index in [2.05, 4.69) is 72.6 Å².